The molecule has 0 amide bonds. The van der Waals surface area contributed by atoms with Gasteiger partial charge in [0, 0.05) is 6.42 Å². The maximum atomic E-state index is 6.81. The fraction of sp³-hybridized carbons (Fsp3) is 0.931. The van der Waals surface area contributed by atoms with Gasteiger partial charge in [-0.05, 0) is 130 Å². The fourth-order valence-corrected chi connectivity index (χ4v) is 10.9. The van der Waals surface area contributed by atoms with Gasteiger partial charge >= 0.3 is 0 Å². The zero-order chi connectivity index (χ0) is 24.4. The Labute approximate surface area is 209 Å². The van der Waals surface area contributed by atoms with Crippen molar-refractivity contribution in [2.24, 2.45) is 40.4 Å². The van der Waals surface area contributed by atoms with Crippen LogP contribution in [0.5, 0.6) is 0 Å². The van der Waals surface area contributed by atoms with Crippen LogP contribution in [0.3, 0.4) is 0 Å². The van der Waals surface area contributed by atoms with Gasteiger partial charge in [-0.3, -0.25) is 0 Å². The van der Waals surface area contributed by atoms with Gasteiger partial charge in [0.25, 0.3) is 0 Å². The molecule has 33 heavy (non-hydrogen) atoms. The van der Waals surface area contributed by atoms with Crippen LogP contribution in [0, 0.1) is 40.4 Å². The van der Waals surface area contributed by atoms with Gasteiger partial charge in [-0.1, -0.05) is 34.6 Å². The van der Waals surface area contributed by atoms with Gasteiger partial charge in [-0.25, -0.2) is 0 Å². The van der Waals surface area contributed by atoms with Crippen LogP contribution < -0.4 is 0 Å². The van der Waals surface area contributed by atoms with E-state index in [0.717, 1.165) is 29.6 Å². The minimum absolute atomic E-state index is 0.0353. The van der Waals surface area contributed by atoms with Gasteiger partial charge in [0.1, 0.15) is 0 Å². The molecular weight excluding hydrogens is 436 g/mol. The van der Waals surface area contributed by atoms with E-state index in [0.29, 0.717) is 15.9 Å². The number of hydrogen-bond donors (Lipinski definition) is 0. The number of hydrogen-bond acceptors (Lipinski definition) is 2. The maximum Gasteiger partial charge on any atom is 0.241 e. The lowest BCUT2D eigenvalue weighted by Gasteiger charge is -2.60. The molecule has 0 heterocycles. The molecule has 0 aromatic carbocycles. The summed E-state index contributed by atoms with van der Waals surface area (Å²) in [7, 11) is -2.04. The molecule has 4 rings (SSSR count). The second-order valence-corrected chi connectivity index (χ2v) is 22.7. The van der Waals surface area contributed by atoms with E-state index in [1.165, 1.54) is 57.1 Å². The summed E-state index contributed by atoms with van der Waals surface area (Å²) < 4.78 is 13.3. The average Bonchev–Trinajstić information content (AvgIpc) is 3.03. The minimum Gasteiger partial charge on any atom is -0.548 e. The molecule has 3 saturated carbocycles. The Kier molecular flexibility index (Phi) is 6.70. The van der Waals surface area contributed by atoms with Crippen LogP contribution in [0.1, 0.15) is 99.8 Å². The zero-order valence-electron chi connectivity index (χ0n) is 23.6. The van der Waals surface area contributed by atoms with E-state index >= 15 is 0 Å². The molecule has 0 aromatic heterocycles. The Hall–Kier alpha value is -0.0662. The van der Waals surface area contributed by atoms with Crippen molar-refractivity contribution in [2.45, 2.75) is 130 Å². The van der Waals surface area contributed by atoms with Crippen LogP contribution in [-0.4, -0.2) is 23.7 Å². The van der Waals surface area contributed by atoms with Gasteiger partial charge in [-0.15, -0.1) is 0 Å². The lowest BCUT2D eigenvalue weighted by Crippen LogP contribution is -2.54. The first kappa shape index (κ1) is 26.0. The summed E-state index contributed by atoms with van der Waals surface area (Å²) in [5, 5.41) is 0.368. The molecule has 0 saturated heterocycles. The van der Waals surface area contributed by atoms with E-state index in [-0.39, 0.29) is 5.60 Å². The van der Waals surface area contributed by atoms with E-state index in [4.69, 9.17) is 8.85 Å². The van der Waals surface area contributed by atoms with Gasteiger partial charge < -0.3 is 8.85 Å². The topological polar surface area (TPSA) is 18.5 Å². The molecule has 3 fully saturated rings. The number of allylic oxidation sites excluding steroid dienone is 2. The first-order valence-electron chi connectivity index (χ1n) is 14.1. The molecule has 7 atom stereocenters. The van der Waals surface area contributed by atoms with Gasteiger partial charge in [0.05, 0.1) is 11.4 Å². The largest absolute Gasteiger partial charge is 0.548 e. The van der Waals surface area contributed by atoms with E-state index in [9.17, 15) is 0 Å². The quantitative estimate of drug-likeness (QED) is 0.362. The van der Waals surface area contributed by atoms with Crippen molar-refractivity contribution >= 4 is 18.1 Å². The molecule has 4 heteroatoms. The van der Waals surface area contributed by atoms with Crippen LogP contribution in [0.4, 0.5) is 0 Å². The monoisotopic (exact) mass is 490 g/mol. The highest BCUT2D eigenvalue weighted by Gasteiger charge is 2.61. The summed E-state index contributed by atoms with van der Waals surface area (Å²) in [4.78, 5) is 0. The fourth-order valence-electron chi connectivity index (χ4n) is 8.95. The van der Waals surface area contributed by atoms with Crippen molar-refractivity contribution < 1.29 is 8.85 Å². The summed E-state index contributed by atoms with van der Waals surface area (Å²) in [5.41, 5.74) is 0.990. The van der Waals surface area contributed by atoms with E-state index in [1.807, 2.05) is 0 Å². The third-order valence-corrected chi connectivity index (χ3v) is 13.0. The highest BCUT2D eigenvalue weighted by Crippen LogP contribution is 2.68. The molecule has 0 bridgehead atoms. The highest BCUT2D eigenvalue weighted by molar-refractivity contribution is 6.70. The Morgan fingerprint density at radius 3 is 2.18 bits per heavy atom. The van der Waals surface area contributed by atoms with Crippen molar-refractivity contribution in [3.63, 3.8) is 0 Å². The van der Waals surface area contributed by atoms with E-state index in [2.05, 4.69) is 74.2 Å². The van der Waals surface area contributed by atoms with Crippen molar-refractivity contribution in [3.05, 3.63) is 11.8 Å². The molecule has 4 aliphatic rings. The van der Waals surface area contributed by atoms with E-state index < -0.39 is 18.1 Å². The number of rotatable bonds is 5. The molecular formula is C29H54O2Si2. The Bertz CT molecular complexity index is 761. The van der Waals surface area contributed by atoms with Crippen molar-refractivity contribution in [1.82, 2.24) is 0 Å². The Morgan fingerprint density at radius 1 is 0.879 bits per heavy atom. The second-order valence-electron chi connectivity index (χ2n) is 15.5. The summed E-state index contributed by atoms with van der Waals surface area (Å²) in [5.74, 6) is 5.53. The molecule has 0 unspecified atom stereocenters. The highest BCUT2D eigenvalue weighted by atomic mass is 28.4. The molecule has 0 N–H and O–H groups in total. The average molecular weight is 491 g/mol. The van der Waals surface area contributed by atoms with Crippen LogP contribution in [-0.2, 0) is 8.85 Å². The van der Waals surface area contributed by atoms with Crippen molar-refractivity contribution in [1.29, 1.82) is 0 Å². The zero-order valence-corrected chi connectivity index (χ0v) is 26.1. The third-order valence-electron chi connectivity index (χ3n) is 10.4. The molecule has 0 aliphatic heterocycles. The summed E-state index contributed by atoms with van der Waals surface area (Å²) in [6.45, 7) is 24.2. The predicted molar refractivity (Wildman–Crippen MR) is 147 cm³/mol. The summed E-state index contributed by atoms with van der Waals surface area (Å²) in [6.07, 6.45) is 13.6. The summed E-state index contributed by atoms with van der Waals surface area (Å²) in [6, 6.07) is 0. The Morgan fingerprint density at radius 2 is 1.55 bits per heavy atom. The maximum absolute atomic E-state index is 6.81. The lowest BCUT2D eigenvalue weighted by molar-refractivity contribution is -0.114. The Balaban J connectivity index is 1.51. The molecule has 0 aromatic rings. The standard InChI is InChI=1S/C29H54O2Si2/c1-26(2,3)32-31-27(4,5)25-14-13-23-22-12-11-20-19-21(30-33(8,9)10)15-17-28(20,6)24(22)16-18-29(23,25)7/h19-20,22-25H,11-18,32H2,1-10H3/t20-,22-,23-,24-,25+,28-,29-/m0/s1. The number of fused-ring (bicyclic) bond motifs is 5. The van der Waals surface area contributed by atoms with E-state index in [1.54, 1.807) is 0 Å². The molecule has 190 valence electrons. The minimum atomic E-state index is -1.51. The first-order valence-corrected chi connectivity index (χ1v) is 18.8. The third kappa shape index (κ3) is 4.96. The molecule has 2 nitrogen and oxygen atoms in total. The SMILES string of the molecule is CC(C)(C)[SiH2]OC(C)(C)[C@H]1CC[C@H]2[C@@H]3CC[C@H]4C=C(O[Si](C)(C)C)CC[C@]4(C)[C@H]3CC[C@]12C. The predicted octanol–water partition coefficient (Wildman–Crippen LogP) is 8.09. The molecule has 4 aliphatic carbocycles. The van der Waals surface area contributed by atoms with Crippen LogP contribution >= 0.6 is 0 Å². The molecule has 0 radical (unpaired) electrons. The van der Waals surface area contributed by atoms with Gasteiger partial charge in [0.2, 0.25) is 8.32 Å². The molecule has 0 spiro atoms. The van der Waals surface area contributed by atoms with Crippen molar-refractivity contribution in [3.8, 4) is 0 Å². The van der Waals surface area contributed by atoms with Gasteiger partial charge in [0.15, 0.2) is 9.76 Å². The lowest BCUT2D eigenvalue weighted by atomic mass is 9.45. The van der Waals surface area contributed by atoms with Crippen LogP contribution in [0.2, 0.25) is 24.7 Å². The first-order chi connectivity index (χ1) is 15.1. The van der Waals surface area contributed by atoms with Crippen molar-refractivity contribution in [2.75, 3.05) is 0 Å². The normalized spacial score (nSPS) is 42.0. The van der Waals surface area contributed by atoms with Gasteiger partial charge in [-0.2, -0.15) is 0 Å². The smallest absolute Gasteiger partial charge is 0.241 e. The summed E-state index contributed by atoms with van der Waals surface area (Å²) >= 11 is 0. The van der Waals surface area contributed by atoms with Crippen LogP contribution in [0.15, 0.2) is 11.8 Å². The van der Waals surface area contributed by atoms with Crippen LogP contribution in [0.25, 0.3) is 0 Å². The second kappa shape index (κ2) is 8.51.